The number of carbonyl (C=O) groups excluding carboxylic acids is 1. The van der Waals surface area contributed by atoms with Gasteiger partial charge in [0.15, 0.2) is 0 Å². The molecular formula is C21H29N3O3S. The number of likely N-dealkylation sites (N-methyl/N-ethyl adjacent to an activating group) is 1. The van der Waals surface area contributed by atoms with Crippen LogP contribution < -0.4 is 10.0 Å². The van der Waals surface area contributed by atoms with Crippen molar-refractivity contribution in [2.45, 2.75) is 37.6 Å². The Hall–Kier alpha value is -2.12. The topological polar surface area (TPSA) is 78.5 Å². The summed E-state index contributed by atoms with van der Waals surface area (Å²) in [4.78, 5) is 15.2. The number of amides is 1. The van der Waals surface area contributed by atoms with E-state index in [9.17, 15) is 13.2 Å². The summed E-state index contributed by atoms with van der Waals surface area (Å²) in [6, 6.07) is 11.1. The van der Waals surface area contributed by atoms with Crippen molar-refractivity contribution in [3.63, 3.8) is 0 Å². The smallest absolute Gasteiger partial charge is 0.253 e. The van der Waals surface area contributed by atoms with Crippen LogP contribution in [0.25, 0.3) is 10.8 Å². The lowest BCUT2D eigenvalue weighted by Gasteiger charge is -2.43. The molecule has 152 valence electrons. The zero-order valence-electron chi connectivity index (χ0n) is 16.8. The summed E-state index contributed by atoms with van der Waals surface area (Å²) in [5.41, 5.74) is 0.602. The summed E-state index contributed by atoms with van der Waals surface area (Å²) in [6.07, 6.45) is 6.73. The van der Waals surface area contributed by atoms with E-state index in [-0.39, 0.29) is 11.4 Å². The summed E-state index contributed by atoms with van der Waals surface area (Å²) < 4.78 is 26.1. The summed E-state index contributed by atoms with van der Waals surface area (Å²) in [7, 11) is 0.618. The number of nitrogens with one attached hydrogen (secondary N) is 2. The van der Waals surface area contributed by atoms with Crippen LogP contribution in [0.2, 0.25) is 0 Å². The predicted molar refractivity (Wildman–Crippen MR) is 114 cm³/mol. The third-order valence-electron chi connectivity index (χ3n) is 5.74. The first-order chi connectivity index (χ1) is 13.2. The van der Waals surface area contributed by atoms with E-state index in [1.807, 2.05) is 24.3 Å². The van der Waals surface area contributed by atoms with E-state index in [0.717, 1.165) is 42.7 Å². The van der Waals surface area contributed by atoms with Crippen LogP contribution in [0.5, 0.6) is 0 Å². The average molecular weight is 404 g/mol. The third-order valence-corrected chi connectivity index (χ3v) is 6.33. The molecule has 7 heteroatoms. The fourth-order valence-corrected chi connectivity index (χ4v) is 4.61. The quantitative estimate of drug-likeness (QED) is 0.776. The maximum atomic E-state index is 13.0. The Morgan fingerprint density at radius 2 is 1.68 bits per heavy atom. The molecule has 0 radical (unpaired) electrons. The highest BCUT2D eigenvalue weighted by molar-refractivity contribution is 7.92. The first-order valence-corrected chi connectivity index (χ1v) is 11.6. The Kier molecular flexibility index (Phi) is 5.95. The first kappa shape index (κ1) is 20.6. The van der Waals surface area contributed by atoms with Crippen LogP contribution in [0, 0.1) is 0 Å². The van der Waals surface area contributed by atoms with E-state index in [1.54, 1.807) is 12.1 Å². The van der Waals surface area contributed by atoms with Crippen LogP contribution in [0.15, 0.2) is 36.4 Å². The zero-order chi connectivity index (χ0) is 20.4. The highest BCUT2D eigenvalue weighted by Gasteiger charge is 2.34. The molecule has 0 bridgehead atoms. The van der Waals surface area contributed by atoms with Crippen LogP contribution in [-0.2, 0) is 10.0 Å². The molecule has 1 saturated carbocycles. The molecule has 2 aromatic carbocycles. The van der Waals surface area contributed by atoms with Crippen molar-refractivity contribution in [2.24, 2.45) is 0 Å². The lowest BCUT2D eigenvalue weighted by atomic mass is 9.80. The molecule has 0 heterocycles. The van der Waals surface area contributed by atoms with Gasteiger partial charge in [0, 0.05) is 12.1 Å². The van der Waals surface area contributed by atoms with Crippen LogP contribution in [-0.4, -0.2) is 51.7 Å². The van der Waals surface area contributed by atoms with Crippen molar-refractivity contribution in [1.82, 2.24) is 10.2 Å². The molecule has 0 spiro atoms. The number of sulfonamides is 1. The minimum atomic E-state index is -3.50. The molecule has 0 unspecified atom stereocenters. The monoisotopic (exact) mass is 403 g/mol. The van der Waals surface area contributed by atoms with E-state index in [0.29, 0.717) is 17.8 Å². The molecule has 0 saturated heterocycles. The van der Waals surface area contributed by atoms with Crippen LogP contribution in [0.1, 0.15) is 42.5 Å². The number of nitrogens with zero attached hydrogens (tertiary/aromatic N) is 1. The van der Waals surface area contributed by atoms with Crippen molar-refractivity contribution < 1.29 is 13.2 Å². The molecule has 1 aliphatic rings. The Labute approximate surface area is 167 Å². The minimum Gasteiger partial charge on any atom is -0.350 e. The molecule has 28 heavy (non-hydrogen) atoms. The SMILES string of the molecule is CN(C)C1(CNC(=O)c2cc3ccccc3cc2NS(C)(=O)=O)CCCCC1. The van der Waals surface area contributed by atoms with Gasteiger partial charge in [0.1, 0.15) is 0 Å². The molecule has 1 aliphatic carbocycles. The maximum Gasteiger partial charge on any atom is 0.253 e. The number of benzene rings is 2. The third kappa shape index (κ3) is 4.64. The standard InChI is InChI=1S/C21H29N3O3S/c1-24(2)21(11-7-4-8-12-21)15-22-20(25)18-13-16-9-5-6-10-17(16)14-19(18)23-28(3,26)27/h5-6,9-10,13-14,23H,4,7-8,11-12,15H2,1-3H3,(H,22,25). The number of anilines is 1. The Balaban J connectivity index is 1.90. The number of rotatable bonds is 6. The molecule has 1 amide bonds. The van der Waals surface area contributed by atoms with Gasteiger partial charge in [-0.15, -0.1) is 0 Å². The van der Waals surface area contributed by atoms with E-state index in [4.69, 9.17) is 0 Å². The predicted octanol–water partition coefficient (Wildman–Crippen LogP) is 3.21. The second kappa shape index (κ2) is 8.09. The van der Waals surface area contributed by atoms with E-state index < -0.39 is 10.0 Å². The van der Waals surface area contributed by atoms with Gasteiger partial charge in [0.05, 0.1) is 17.5 Å². The summed E-state index contributed by atoms with van der Waals surface area (Å²) in [5, 5.41) is 4.84. The number of carbonyl (C=O) groups is 1. The maximum absolute atomic E-state index is 13.0. The van der Waals surface area contributed by atoms with Gasteiger partial charge < -0.3 is 10.2 Å². The van der Waals surface area contributed by atoms with Gasteiger partial charge in [-0.25, -0.2) is 8.42 Å². The lowest BCUT2D eigenvalue weighted by molar-refractivity contribution is 0.0800. The van der Waals surface area contributed by atoms with Crippen LogP contribution >= 0.6 is 0 Å². The van der Waals surface area contributed by atoms with Gasteiger partial charge in [-0.1, -0.05) is 43.5 Å². The van der Waals surface area contributed by atoms with Crippen LogP contribution in [0.3, 0.4) is 0 Å². The van der Waals surface area contributed by atoms with Gasteiger partial charge in [0.2, 0.25) is 10.0 Å². The van der Waals surface area contributed by atoms with Crippen LogP contribution in [0.4, 0.5) is 5.69 Å². The average Bonchev–Trinajstić information content (AvgIpc) is 2.65. The fraction of sp³-hybridized carbons (Fsp3) is 0.476. The van der Waals surface area contributed by atoms with E-state index in [2.05, 4.69) is 29.0 Å². The normalized spacial score (nSPS) is 16.9. The van der Waals surface area contributed by atoms with Gasteiger partial charge in [-0.3, -0.25) is 9.52 Å². The fourth-order valence-electron chi connectivity index (χ4n) is 4.04. The molecule has 0 aliphatic heterocycles. The Bertz CT molecular complexity index is 964. The molecule has 6 nitrogen and oxygen atoms in total. The molecule has 2 aromatic rings. The van der Waals surface area contributed by atoms with Gasteiger partial charge in [0.25, 0.3) is 5.91 Å². The molecular weight excluding hydrogens is 374 g/mol. The minimum absolute atomic E-state index is 0.0464. The first-order valence-electron chi connectivity index (χ1n) is 9.66. The summed E-state index contributed by atoms with van der Waals surface area (Å²) in [6.45, 7) is 0.546. The highest BCUT2D eigenvalue weighted by Crippen LogP contribution is 2.32. The molecule has 0 atom stereocenters. The zero-order valence-corrected chi connectivity index (χ0v) is 17.6. The highest BCUT2D eigenvalue weighted by atomic mass is 32.2. The molecule has 1 fully saturated rings. The van der Waals surface area contributed by atoms with Crippen molar-refractivity contribution >= 4 is 32.4 Å². The second-order valence-corrected chi connectivity index (χ2v) is 9.73. The van der Waals surface area contributed by atoms with Crippen molar-refractivity contribution in [1.29, 1.82) is 0 Å². The number of hydrogen-bond donors (Lipinski definition) is 2. The molecule has 3 rings (SSSR count). The lowest BCUT2D eigenvalue weighted by Crippen LogP contribution is -2.53. The largest absolute Gasteiger partial charge is 0.350 e. The van der Waals surface area contributed by atoms with Crippen molar-refractivity contribution in [2.75, 3.05) is 31.6 Å². The number of fused-ring (bicyclic) bond motifs is 1. The van der Waals surface area contributed by atoms with Crippen molar-refractivity contribution in [3.8, 4) is 0 Å². The number of hydrogen-bond acceptors (Lipinski definition) is 4. The summed E-state index contributed by atoms with van der Waals surface area (Å²) in [5.74, 6) is -0.260. The van der Waals surface area contributed by atoms with E-state index >= 15 is 0 Å². The Morgan fingerprint density at radius 3 is 2.25 bits per heavy atom. The van der Waals surface area contributed by atoms with Gasteiger partial charge in [-0.05, 0) is 49.8 Å². The summed E-state index contributed by atoms with van der Waals surface area (Å²) >= 11 is 0. The van der Waals surface area contributed by atoms with Gasteiger partial charge in [-0.2, -0.15) is 0 Å². The second-order valence-electron chi connectivity index (χ2n) is 7.98. The van der Waals surface area contributed by atoms with Crippen molar-refractivity contribution in [3.05, 3.63) is 42.0 Å². The molecule has 0 aromatic heterocycles. The van der Waals surface area contributed by atoms with Gasteiger partial charge >= 0.3 is 0 Å². The molecule has 2 N–H and O–H groups in total. The van der Waals surface area contributed by atoms with E-state index in [1.165, 1.54) is 6.42 Å². The Morgan fingerprint density at radius 1 is 1.07 bits per heavy atom.